The van der Waals surface area contributed by atoms with Gasteiger partial charge in [-0.2, -0.15) is 0 Å². The van der Waals surface area contributed by atoms with Crippen molar-refractivity contribution in [3.8, 4) is 0 Å². The molecule has 90 valence electrons. The van der Waals surface area contributed by atoms with E-state index >= 15 is 0 Å². The van der Waals surface area contributed by atoms with Gasteiger partial charge in [0.25, 0.3) is 0 Å². The minimum atomic E-state index is -0.489. The molecule has 7 N–H and O–H groups in total. The number of Topliss-reactive ketones (excluding diaryl/α,β-unsaturated/α-hetero) is 1. The first kappa shape index (κ1) is 14.5. The number of hydrogen-bond acceptors (Lipinski definition) is 5. The lowest BCUT2D eigenvalue weighted by molar-refractivity contribution is -0.120. The van der Waals surface area contributed by atoms with Crippen LogP contribution in [0.2, 0.25) is 0 Å². The Kier molecular flexibility index (Phi) is 8.50. The summed E-state index contributed by atoms with van der Waals surface area (Å²) in [7, 11) is 0. The topological polar surface area (TPSA) is 107 Å². The maximum absolute atomic E-state index is 11.4. The average molecular weight is 216 g/mol. The van der Waals surface area contributed by atoms with E-state index in [1.807, 2.05) is 0 Å². The second-order valence-corrected chi connectivity index (χ2v) is 3.80. The van der Waals surface area contributed by atoms with Crippen LogP contribution in [0, 0.1) is 0 Å². The first-order chi connectivity index (χ1) is 7.07. The summed E-state index contributed by atoms with van der Waals surface area (Å²) in [6.45, 7) is 2.76. The van der Waals surface area contributed by atoms with Crippen molar-refractivity contribution >= 4 is 5.78 Å². The molecule has 0 heterocycles. The summed E-state index contributed by atoms with van der Waals surface area (Å²) in [5.74, 6) is 0.161. The molecule has 0 rings (SSSR count). The van der Waals surface area contributed by atoms with Gasteiger partial charge in [0.2, 0.25) is 0 Å². The Hall–Kier alpha value is -0.490. The molecule has 0 aliphatic rings. The van der Waals surface area contributed by atoms with E-state index in [2.05, 4.69) is 12.2 Å². The number of ketones is 1. The molecule has 0 aromatic heterocycles. The molecule has 0 aromatic rings. The van der Waals surface area contributed by atoms with E-state index in [9.17, 15) is 4.79 Å². The SMILES string of the molecule is CCCCC(=O)[C@@H](N)CCCNC(N)N. The average Bonchev–Trinajstić information content (AvgIpc) is 2.20. The zero-order valence-electron chi connectivity index (χ0n) is 9.54. The minimum absolute atomic E-state index is 0.161. The summed E-state index contributed by atoms with van der Waals surface area (Å²) in [5.41, 5.74) is 16.3. The second-order valence-electron chi connectivity index (χ2n) is 3.80. The molecule has 5 nitrogen and oxygen atoms in total. The zero-order chi connectivity index (χ0) is 11.7. The van der Waals surface area contributed by atoms with Gasteiger partial charge in [-0.3, -0.25) is 10.1 Å². The van der Waals surface area contributed by atoms with Crippen molar-refractivity contribution in [3.05, 3.63) is 0 Å². The highest BCUT2D eigenvalue weighted by Crippen LogP contribution is 2.02. The Balaban J connectivity index is 3.46. The molecule has 0 bridgehead atoms. The van der Waals surface area contributed by atoms with E-state index in [-0.39, 0.29) is 11.8 Å². The van der Waals surface area contributed by atoms with Gasteiger partial charge < -0.3 is 17.2 Å². The van der Waals surface area contributed by atoms with Gasteiger partial charge in [0.1, 0.15) is 12.1 Å². The van der Waals surface area contributed by atoms with Crippen LogP contribution in [0.3, 0.4) is 0 Å². The maximum Gasteiger partial charge on any atom is 0.149 e. The number of hydrogen-bond donors (Lipinski definition) is 4. The molecule has 0 saturated heterocycles. The van der Waals surface area contributed by atoms with Crippen LogP contribution in [0.1, 0.15) is 39.0 Å². The summed E-state index contributed by atoms with van der Waals surface area (Å²) in [5, 5.41) is 2.87. The first-order valence-corrected chi connectivity index (χ1v) is 5.60. The predicted octanol–water partition coefficient (Wildman–Crippen LogP) is -0.356. The van der Waals surface area contributed by atoms with Gasteiger partial charge in [0.15, 0.2) is 0 Å². The van der Waals surface area contributed by atoms with E-state index in [1.165, 1.54) is 0 Å². The Labute approximate surface area is 91.8 Å². The Morgan fingerprint density at radius 2 is 1.93 bits per heavy atom. The molecule has 0 aromatic carbocycles. The standard InChI is InChI=1S/C10H24N4O/c1-2-3-6-9(15)8(11)5-4-7-14-10(12)13/h8,10,14H,2-7,11-13H2,1H3/t8-/m0/s1. The van der Waals surface area contributed by atoms with E-state index in [0.717, 1.165) is 19.3 Å². The Bertz CT molecular complexity index is 173. The van der Waals surface area contributed by atoms with E-state index in [4.69, 9.17) is 17.2 Å². The van der Waals surface area contributed by atoms with Crippen LogP contribution < -0.4 is 22.5 Å². The van der Waals surface area contributed by atoms with Crippen LogP contribution in [-0.4, -0.2) is 24.7 Å². The van der Waals surface area contributed by atoms with Crippen LogP contribution in [0.5, 0.6) is 0 Å². The molecule has 0 unspecified atom stereocenters. The molecule has 0 radical (unpaired) electrons. The fourth-order valence-corrected chi connectivity index (χ4v) is 1.29. The molecule has 0 amide bonds. The highest BCUT2D eigenvalue weighted by Gasteiger charge is 2.11. The van der Waals surface area contributed by atoms with Gasteiger partial charge >= 0.3 is 0 Å². The third kappa shape index (κ3) is 8.50. The number of carbonyl (C=O) groups excluding carboxylic acids is 1. The molecular formula is C10H24N4O. The summed E-state index contributed by atoms with van der Waals surface area (Å²) < 4.78 is 0. The summed E-state index contributed by atoms with van der Waals surface area (Å²) in [4.78, 5) is 11.4. The van der Waals surface area contributed by atoms with Crippen molar-refractivity contribution in [3.63, 3.8) is 0 Å². The summed E-state index contributed by atoms with van der Waals surface area (Å²) in [6.07, 6.45) is 3.59. The molecular weight excluding hydrogens is 192 g/mol. The van der Waals surface area contributed by atoms with Crippen molar-refractivity contribution in [2.75, 3.05) is 6.54 Å². The van der Waals surface area contributed by atoms with Gasteiger partial charge in [-0.25, -0.2) is 0 Å². The molecule has 15 heavy (non-hydrogen) atoms. The van der Waals surface area contributed by atoms with Gasteiger partial charge in [0.05, 0.1) is 6.04 Å². The smallest absolute Gasteiger partial charge is 0.149 e. The largest absolute Gasteiger partial charge is 0.322 e. The van der Waals surface area contributed by atoms with Gasteiger partial charge in [-0.1, -0.05) is 13.3 Å². The van der Waals surface area contributed by atoms with Crippen molar-refractivity contribution in [2.24, 2.45) is 17.2 Å². The lowest BCUT2D eigenvalue weighted by atomic mass is 10.0. The summed E-state index contributed by atoms with van der Waals surface area (Å²) in [6, 6.07) is -0.327. The van der Waals surface area contributed by atoms with Crippen LogP contribution >= 0.6 is 0 Å². The third-order valence-corrected chi connectivity index (χ3v) is 2.26. The monoisotopic (exact) mass is 216 g/mol. The van der Waals surface area contributed by atoms with E-state index < -0.39 is 6.29 Å². The number of carbonyl (C=O) groups is 1. The lowest BCUT2D eigenvalue weighted by Crippen LogP contribution is -2.45. The molecule has 0 spiro atoms. The highest BCUT2D eigenvalue weighted by atomic mass is 16.1. The molecule has 0 fully saturated rings. The number of nitrogens with one attached hydrogen (secondary N) is 1. The molecule has 5 heteroatoms. The van der Waals surface area contributed by atoms with Crippen molar-refractivity contribution in [1.29, 1.82) is 0 Å². The van der Waals surface area contributed by atoms with Crippen LogP contribution in [0.4, 0.5) is 0 Å². The molecule has 0 aliphatic carbocycles. The Morgan fingerprint density at radius 3 is 2.47 bits per heavy atom. The second kappa shape index (κ2) is 8.79. The normalized spacial score (nSPS) is 13.1. The molecule has 0 saturated carbocycles. The van der Waals surface area contributed by atoms with Crippen molar-refractivity contribution in [1.82, 2.24) is 5.32 Å². The maximum atomic E-state index is 11.4. The van der Waals surface area contributed by atoms with Gasteiger partial charge in [0, 0.05) is 6.42 Å². The van der Waals surface area contributed by atoms with Crippen LogP contribution in [0.25, 0.3) is 0 Å². The first-order valence-electron chi connectivity index (χ1n) is 5.60. The Morgan fingerprint density at radius 1 is 1.27 bits per heavy atom. The van der Waals surface area contributed by atoms with Crippen molar-refractivity contribution < 1.29 is 4.79 Å². The predicted molar refractivity (Wildman–Crippen MR) is 61.9 cm³/mol. The van der Waals surface area contributed by atoms with Crippen LogP contribution in [-0.2, 0) is 4.79 Å². The van der Waals surface area contributed by atoms with Crippen LogP contribution in [0.15, 0.2) is 0 Å². The molecule has 0 aliphatic heterocycles. The quantitative estimate of drug-likeness (QED) is 0.311. The van der Waals surface area contributed by atoms with Crippen molar-refractivity contribution in [2.45, 2.75) is 51.4 Å². The third-order valence-electron chi connectivity index (χ3n) is 2.26. The minimum Gasteiger partial charge on any atom is -0.322 e. The lowest BCUT2D eigenvalue weighted by Gasteiger charge is -2.11. The number of unbranched alkanes of at least 4 members (excludes halogenated alkanes) is 1. The van der Waals surface area contributed by atoms with E-state index in [1.54, 1.807) is 0 Å². The molecule has 1 atom stereocenters. The number of nitrogens with two attached hydrogens (primary N) is 3. The van der Waals surface area contributed by atoms with Gasteiger partial charge in [-0.05, 0) is 25.8 Å². The van der Waals surface area contributed by atoms with Gasteiger partial charge in [-0.15, -0.1) is 0 Å². The zero-order valence-corrected chi connectivity index (χ0v) is 9.54. The fourth-order valence-electron chi connectivity index (χ4n) is 1.29. The summed E-state index contributed by atoms with van der Waals surface area (Å²) >= 11 is 0. The fraction of sp³-hybridized carbons (Fsp3) is 0.900. The van der Waals surface area contributed by atoms with E-state index in [0.29, 0.717) is 19.4 Å². The number of rotatable bonds is 9. The highest BCUT2D eigenvalue weighted by molar-refractivity contribution is 5.83.